The van der Waals surface area contributed by atoms with Crippen molar-refractivity contribution >= 4 is 15.8 Å². The molecule has 3 rings (SSSR count). The van der Waals surface area contributed by atoms with Crippen LogP contribution in [0.3, 0.4) is 0 Å². The van der Waals surface area contributed by atoms with Crippen molar-refractivity contribution in [3.05, 3.63) is 60.2 Å². The second-order valence-corrected chi connectivity index (χ2v) is 9.14. The van der Waals surface area contributed by atoms with Gasteiger partial charge < -0.3 is 14.6 Å². The minimum atomic E-state index is -3.59. The molecule has 1 saturated heterocycles. The highest BCUT2D eigenvalue weighted by atomic mass is 32.2. The fourth-order valence-electron chi connectivity index (χ4n) is 3.18. The molecule has 1 aliphatic rings. The molecule has 1 N–H and O–H groups in total. The van der Waals surface area contributed by atoms with E-state index in [0.717, 1.165) is 5.56 Å². The largest absolute Gasteiger partial charge is 0.481 e. The Balaban J connectivity index is 1.62. The van der Waals surface area contributed by atoms with Crippen LogP contribution in [0.5, 0.6) is 5.75 Å². The Morgan fingerprint density at radius 2 is 1.90 bits per heavy atom. The minimum Gasteiger partial charge on any atom is -0.481 e. The number of benzene rings is 2. The van der Waals surface area contributed by atoms with Gasteiger partial charge >= 0.3 is 5.97 Å². The van der Waals surface area contributed by atoms with Gasteiger partial charge in [-0.3, -0.25) is 9.69 Å². The normalized spacial score (nSPS) is 18.9. The summed E-state index contributed by atoms with van der Waals surface area (Å²) in [5.41, 5.74) is -0.0795. The van der Waals surface area contributed by atoms with Gasteiger partial charge in [0.2, 0.25) is 15.3 Å². The summed E-state index contributed by atoms with van der Waals surface area (Å²) in [5, 5.41) is 8.84. The number of carbonyl (C=O) groups is 1. The van der Waals surface area contributed by atoms with Crippen LogP contribution in [0.15, 0.2) is 59.5 Å². The predicted molar refractivity (Wildman–Crippen MR) is 108 cm³/mol. The maximum Gasteiger partial charge on any atom is 0.304 e. The lowest BCUT2D eigenvalue weighted by molar-refractivity contribution is -0.137. The van der Waals surface area contributed by atoms with Gasteiger partial charge in [-0.05, 0) is 36.8 Å². The molecule has 0 aromatic heterocycles. The molecule has 0 aliphatic carbocycles. The van der Waals surface area contributed by atoms with Crippen molar-refractivity contribution in [1.82, 2.24) is 4.90 Å². The molecule has 0 amide bonds. The summed E-state index contributed by atoms with van der Waals surface area (Å²) in [7, 11) is -3.59. The average Bonchev–Trinajstić information content (AvgIpc) is 2.73. The Hall–Kier alpha value is -2.42. The zero-order valence-electron chi connectivity index (χ0n) is 16.2. The molecular formula is C21H25NO6S. The molecule has 0 radical (unpaired) electrons. The summed E-state index contributed by atoms with van der Waals surface area (Å²) < 4.78 is 36.7. The third kappa shape index (κ3) is 5.56. The Kier molecular flexibility index (Phi) is 6.89. The summed E-state index contributed by atoms with van der Waals surface area (Å²) >= 11 is 0. The number of sulfone groups is 1. The Labute approximate surface area is 170 Å². The molecule has 0 bridgehead atoms. The second-order valence-electron chi connectivity index (χ2n) is 6.92. The Morgan fingerprint density at radius 3 is 2.55 bits per heavy atom. The van der Waals surface area contributed by atoms with E-state index in [4.69, 9.17) is 14.6 Å². The fourth-order valence-corrected chi connectivity index (χ4v) is 4.34. The molecule has 1 fully saturated rings. The van der Waals surface area contributed by atoms with Gasteiger partial charge in [0.1, 0.15) is 5.75 Å². The SMILES string of the molecule is CC(Oc1ccc(C2CN(CCC(=O)O)CCO2)cc1)S(=O)(=O)c1ccccc1. The van der Waals surface area contributed by atoms with Crippen LogP contribution < -0.4 is 4.74 Å². The molecule has 156 valence electrons. The number of morpholine rings is 1. The van der Waals surface area contributed by atoms with Crippen LogP contribution in [0.2, 0.25) is 0 Å². The van der Waals surface area contributed by atoms with Crippen LogP contribution in [0.1, 0.15) is 25.0 Å². The molecule has 1 heterocycles. The molecule has 2 atom stereocenters. The lowest BCUT2D eigenvalue weighted by Crippen LogP contribution is -2.39. The lowest BCUT2D eigenvalue weighted by atomic mass is 10.1. The van der Waals surface area contributed by atoms with Crippen molar-refractivity contribution in [1.29, 1.82) is 0 Å². The number of hydrogen-bond acceptors (Lipinski definition) is 6. The first-order valence-corrected chi connectivity index (χ1v) is 11.0. The van der Waals surface area contributed by atoms with E-state index in [9.17, 15) is 13.2 Å². The fraction of sp³-hybridized carbons (Fsp3) is 0.381. The van der Waals surface area contributed by atoms with Crippen LogP contribution in [-0.4, -0.2) is 56.1 Å². The third-order valence-corrected chi connectivity index (χ3v) is 6.75. The number of rotatable bonds is 8. The Morgan fingerprint density at radius 1 is 1.21 bits per heavy atom. The molecule has 2 unspecified atom stereocenters. The number of ether oxygens (including phenoxy) is 2. The van der Waals surface area contributed by atoms with Crippen LogP contribution in [0.4, 0.5) is 0 Å². The van der Waals surface area contributed by atoms with E-state index in [2.05, 4.69) is 4.90 Å². The van der Waals surface area contributed by atoms with Crippen LogP contribution in [0.25, 0.3) is 0 Å². The van der Waals surface area contributed by atoms with Gasteiger partial charge in [-0.2, -0.15) is 0 Å². The molecule has 2 aromatic carbocycles. The average molecular weight is 419 g/mol. The smallest absolute Gasteiger partial charge is 0.304 e. The van der Waals surface area contributed by atoms with E-state index in [-0.39, 0.29) is 17.4 Å². The van der Waals surface area contributed by atoms with Crippen molar-refractivity contribution in [3.8, 4) is 5.75 Å². The second kappa shape index (κ2) is 9.39. The highest BCUT2D eigenvalue weighted by Crippen LogP contribution is 2.26. The van der Waals surface area contributed by atoms with E-state index in [1.165, 1.54) is 6.92 Å². The monoisotopic (exact) mass is 419 g/mol. The van der Waals surface area contributed by atoms with Gasteiger partial charge in [0.15, 0.2) is 0 Å². The standard InChI is InChI=1S/C21H25NO6S/c1-16(29(25,26)19-5-3-2-4-6-19)28-18-9-7-17(8-10-18)20-15-22(13-14-27-20)12-11-21(23)24/h2-10,16,20H,11-15H2,1H3,(H,23,24). The first-order chi connectivity index (χ1) is 13.9. The summed E-state index contributed by atoms with van der Waals surface area (Å²) in [6.07, 6.45) is -0.0511. The number of carboxylic acids is 1. The van der Waals surface area contributed by atoms with Crippen LogP contribution in [-0.2, 0) is 19.4 Å². The van der Waals surface area contributed by atoms with Crippen molar-refractivity contribution in [2.75, 3.05) is 26.2 Å². The highest BCUT2D eigenvalue weighted by Gasteiger charge is 2.25. The maximum atomic E-state index is 12.6. The first-order valence-electron chi connectivity index (χ1n) is 9.47. The van der Waals surface area contributed by atoms with E-state index in [1.807, 2.05) is 12.1 Å². The van der Waals surface area contributed by atoms with E-state index in [1.54, 1.807) is 42.5 Å². The third-order valence-electron chi connectivity index (χ3n) is 4.86. The van der Waals surface area contributed by atoms with Gasteiger partial charge in [-0.15, -0.1) is 0 Å². The molecule has 0 saturated carbocycles. The summed E-state index contributed by atoms with van der Waals surface area (Å²) in [4.78, 5) is 13.1. The van der Waals surface area contributed by atoms with Gasteiger partial charge in [0.25, 0.3) is 0 Å². The number of nitrogens with zero attached hydrogens (tertiary/aromatic N) is 1. The quantitative estimate of drug-likeness (QED) is 0.703. The summed E-state index contributed by atoms with van der Waals surface area (Å²) in [5.74, 6) is -0.353. The summed E-state index contributed by atoms with van der Waals surface area (Å²) in [6, 6.07) is 15.4. The van der Waals surface area contributed by atoms with Gasteiger partial charge in [0, 0.05) is 19.6 Å². The molecular weight excluding hydrogens is 394 g/mol. The highest BCUT2D eigenvalue weighted by molar-refractivity contribution is 7.91. The minimum absolute atomic E-state index is 0.104. The van der Waals surface area contributed by atoms with Crippen molar-refractivity contribution in [2.24, 2.45) is 0 Å². The number of hydrogen-bond donors (Lipinski definition) is 1. The predicted octanol–water partition coefficient (Wildman–Crippen LogP) is 2.73. The number of aliphatic carboxylic acids is 1. The van der Waals surface area contributed by atoms with Gasteiger partial charge in [-0.25, -0.2) is 8.42 Å². The molecule has 1 aliphatic heterocycles. The Bertz CT molecular complexity index is 914. The van der Waals surface area contributed by atoms with Crippen LogP contribution >= 0.6 is 0 Å². The molecule has 7 nitrogen and oxygen atoms in total. The van der Waals surface area contributed by atoms with Crippen molar-refractivity contribution < 1.29 is 27.8 Å². The van der Waals surface area contributed by atoms with Gasteiger partial charge in [-0.1, -0.05) is 30.3 Å². The topological polar surface area (TPSA) is 93.1 Å². The molecule has 0 spiro atoms. The van der Waals surface area contributed by atoms with Crippen molar-refractivity contribution in [2.45, 2.75) is 29.8 Å². The van der Waals surface area contributed by atoms with Crippen LogP contribution in [0, 0.1) is 0 Å². The molecule has 8 heteroatoms. The zero-order valence-corrected chi connectivity index (χ0v) is 17.0. The lowest BCUT2D eigenvalue weighted by Gasteiger charge is -2.32. The van der Waals surface area contributed by atoms with E-state index < -0.39 is 21.2 Å². The molecule has 29 heavy (non-hydrogen) atoms. The summed E-state index contributed by atoms with van der Waals surface area (Å²) in [6.45, 7) is 3.87. The first kappa shape index (κ1) is 21.3. The van der Waals surface area contributed by atoms with E-state index in [0.29, 0.717) is 32.0 Å². The zero-order chi connectivity index (χ0) is 20.9. The number of carboxylic acid groups (broad SMARTS) is 1. The van der Waals surface area contributed by atoms with Crippen molar-refractivity contribution in [3.63, 3.8) is 0 Å². The molecule has 2 aromatic rings. The van der Waals surface area contributed by atoms with E-state index >= 15 is 0 Å². The van der Waals surface area contributed by atoms with Gasteiger partial charge in [0.05, 0.1) is 24.0 Å². The maximum absolute atomic E-state index is 12.6.